The number of rotatable bonds is 9. The van der Waals surface area contributed by atoms with Crippen molar-refractivity contribution in [2.24, 2.45) is 0 Å². The number of amides is 2. The Hall–Kier alpha value is -4.47. The van der Waals surface area contributed by atoms with Gasteiger partial charge in [-0.2, -0.15) is 4.31 Å². The Morgan fingerprint density at radius 1 is 0.857 bits per heavy atom. The van der Waals surface area contributed by atoms with Crippen LogP contribution < -0.4 is 15.0 Å². The third-order valence-corrected chi connectivity index (χ3v) is 8.89. The van der Waals surface area contributed by atoms with Crippen molar-refractivity contribution in [2.45, 2.75) is 37.9 Å². The molecule has 4 aromatic carbocycles. The first-order valence-corrected chi connectivity index (χ1v) is 15.1. The first-order valence-electron chi connectivity index (χ1n) is 13.7. The minimum absolute atomic E-state index is 0.0105. The Morgan fingerprint density at radius 2 is 1.55 bits per heavy atom. The van der Waals surface area contributed by atoms with Crippen LogP contribution in [0.3, 0.4) is 0 Å². The van der Waals surface area contributed by atoms with Crippen molar-refractivity contribution in [3.05, 3.63) is 125 Å². The van der Waals surface area contributed by atoms with E-state index in [0.717, 1.165) is 22.3 Å². The number of para-hydroxylation sites is 2. The van der Waals surface area contributed by atoms with Crippen LogP contribution in [0.2, 0.25) is 0 Å². The van der Waals surface area contributed by atoms with Crippen LogP contribution in [-0.4, -0.2) is 43.7 Å². The summed E-state index contributed by atoms with van der Waals surface area (Å²) in [5, 5.41) is 2.88. The number of carbonyl (C=O) groups is 2. The van der Waals surface area contributed by atoms with Gasteiger partial charge in [0.2, 0.25) is 15.9 Å². The molecule has 216 valence electrons. The maximum Gasteiger partial charge on any atom is 0.263 e. The summed E-state index contributed by atoms with van der Waals surface area (Å²) in [7, 11) is -4.03. The van der Waals surface area contributed by atoms with Crippen molar-refractivity contribution in [3.8, 4) is 5.75 Å². The number of hydrogen-bond acceptors (Lipinski definition) is 5. The molecule has 0 fully saturated rings. The second-order valence-electron chi connectivity index (χ2n) is 10.4. The quantitative estimate of drug-likeness (QED) is 0.311. The van der Waals surface area contributed by atoms with E-state index in [4.69, 9.17) is 4.74 Å². The average Bonchev–Trinajstić information content (AvgIpc) is 2.99. The van der Waals surface area contributed by atoms with Crippen molar-refractivity contribution < 1.29 is 22.7 Å². The molecule has 0 saturated heterocycles. The molecule has 0 aromatic heterocycles. The molecule has 1 aliphatic rings. The summed E-state index contributed by atoms with van der Waals surface area (Å²) in [6, 6.07) is 30.6. The van der Waals surface area contributed by atoms with Crippen LogP contribution in [-0.2, 0) is 32.7 Å². The minimum Gasteiger partial charge on any atom is -0.477 e. The number of aryl methyl sites for hydroxylation is 2. The van der Waals surface area contributed by atoms with Gasteiger partial charge in [0.15, 0.2) is 6.10 Å². The molecular weight excluding hydrogens is 550 g/mol. The van der Waals surface area contributed by atoms with Crippen LogP contribution in [0.15, 0.2) is 108 Å². The van der Waals surface area contributed by atoms with E-state index in [-0.39, 0.29) is 23.9 Å². The van der Waals surface area contributed by atoms with Gasteiger partial charge in [-0.15, -0.1) is 0 Å². The standard InChI is InChI=1S/C33H33N3O5S/c1-24-15-17-28(18-16-24)42(39,40)35(21-27-12-8-9-25(2)19-27)23-32(37)36-22-31(41-30-14-7-6-13-29(30)36)33(38)34-20-26-10-4-3-5-11-26/h3-19,31H,20-23H2,1-2H3,(H,34,38). The highest BCUT2D eigenvalue weighted by Crippen LogP contribution is 2.33. The summed E-state index contributed by atoms with van der Waals surface area (Å²) in [6.07, 6.45) is -0.966. The molecule has 1 N–H and O–H groups in total. The smallest absolute Gasteiger partial charge is 0.263 e. The largest absolute Gasteiger partial charge is 0.477 e. The van der Waals surface area contributed by atoms with Crippen LogP contribution in [0.1, 0.15) is 22.3 Å². The van der Waals surface area contributed by atoms with E-state index in [1.54, 1.807) is 48.5 Å². The molecule has 1 atom stereocenters. The molecule has 1 aliphatic heterocycles. The van der Waals surface area contributed by atoms with Gasteiger partial charge < -0.3 is 15.0 Å². The maximum absolute atomic E-state index is 13.9. The van der Waals surface area contributed by atoms with Crippen LogP contribution in [0.25, 0.3) is 0 Å². The molecule has 42 heavy (non-hydrogen) atoms. The van der Waals surface area contributed by atoms with Gasteiger partial charge in [-0.05, 0) is 49.2 Å². The molecule has 0 saturated carbocycles. The number of benzene rings is 4. The molecule has 0 bridgehead atoms. The van der Waals surface area contributed by atoms with Crippen molar-refractivity contribution in [1.82, 2.24) is 9.62 Å². The summed E-state index contributed by atoms with van der Waals surface area (Å²) in [5.74, 6) is -0.450. The predicted molar refractivity (Wildman–Crippen MR) is 161 cm³/mol. The van der Waals surface area contributed by atoms with Crippen LogP contribution in [0.5, 0.6) is 5.75 Å². The Kier molecular flexibility index (Phi) is 8.70. The molecule has 0 aliphatic carbocycles. The highest BCUT2D eigenvalue weighted by molar-refractivity contribution is 7.89. The molecule has 0 spiro atoms. The average molecular weight is 584 g/mol. The number of nitrogens with zero attached hydrogens (tertiary/aromatic N) is 2. The van der Waals surface area contributed by atoms with E-state index in [2.05, 4.69) is 5.32 Å². The molecule has 4 aromatic rings. The summed E-state index contributed by atoms with van der Waals surface area (Å²) >= 11 is 0. The Labute approximate surface area is 246 Å². The van der Waals surface area contributed by atoms with E-state index in [9.17, 15) is 18.0 Å². The molecule has 5 rings (SSSR count). The molecule has 1 unspecified atom stereocenters. The van der Waals surface area contributed by atoms with Gasteiger partial charge in [-0.25, -0.2) is 8.42 Å². The SMILES string of the molecule is Cc1ccc(S(=O)(=O)N(CC(=O)N2CC(C(=O)NCc3ccccc3)Oc3ccccc32)Cc2cccc(C)c2)cc1. The predicted octanol–water partition coefficient (Wildman–Crippen LogP) is 4.60. The number of nitrogens with one attached hydrogen (secondary N) is 1. The zero-order valence-electron chi connectivity index (χ0n) is 23.6. The van der Waals surface area contributed by atoms with E-state index in [1.807, 2.05) is 68.4 Å². The van der Waals surface area contributed by atoms with Crippen molar-refractivity contribution in [1.29, 1.82) is 0 Å². The van der Waals surface area contributed by atoms with Gasteiger partial charge >= 0.3 is 0 Å². The van der Waals surface area contributed by atoms with Crippen molar-refractivity contribution in [2.75, 3.05) is 18.0 Å². The van der Waals surface area contributed by atoms with Crippen LogP contribution in [0, 0.1) is 13.8 Å². The van der Waals surface area contributed by atoms with Crippen LogP contribution in [0.4, 0.5) is 5.69 Å². The molecule has 9 heteroatoms. The number of sulfonamides is 1. The molecule has 8 nitrogen and oxygen atoms in total. The third-order valence-electron chi connectivity index (χ3n) is 7.09. The molecule has 2 amide bonds. The fraction of sp³-hybridized carbons (Fsp3) is 0.212. The van der Waals surface area contributed by atoms with Gasteiger partial charge in [-0.3, -0.25) is 9.59 Å². The zero-order valence-corrected chi connectivity index (χ0v) is 24.4. The maximum atomic E-state index is 13.9. The van der Waals surface area contributed by atoms with Crippen LogP contribution >= 0.6 is 0 Å². The van der Waals surface area contributed by atoms with Gasteiger partial charge in [0.1, 0.15) is 5.75 Å². The minimum atomic E-state index is -4.03. The Bertz CT molecular complexity index is 1670. The third kappa shape index (κ3) is 6.70. The Morgan fingerprint density at radius 3 is 2.29 bits per heavy atom. The lowest BCUT2D eigenvalue weighted by Gasteiger charge is -2.35. The number of carbonyl (C=O) groups excluding carboxylic acids is 2. The van der Waals surface area contributed by atoms with Gasteiger partial charge in [0.25, 0.3) is 5.91 Å². The fourth-order valence-corrected chi connectivity index (χ4v) is 6.22. The topological polar surface area (TPSA) is 96.0 Å². The fourth-order valence-electron chi connectivity index (χ4n) is 4.84. The summed E-state index contributed by atoms with van der Waals surface area (Å²) in [5.41, 5.74) is 4.09. The second-order valence-corrected chi connectivity index (χ2v) is 12.3. The zero-order chi connectivity index (χ0) is 29.7. The lowest BCUT2D eigenvalue weighted by Crippen LogP contribution is -2.52. The highest BCUT2D eigenvalue weighted by atomic mass is 32.2. The van der Waals surface area contributed by atoms with Crippen molar-refractivity contribution >= 4 is 27.5 Å². The Balaban J connectivity index is 1.41. The lowest BCUT2D eigenvalue weighted by molar-refractivity contribution is -0.128. The summed E-state index contributed by atoms with van der Waals surface area (Å²) < 4.78 is 34.9. The van der Waals surface area contributed by atoms with E-state index >= 15 is 0 Å². The molecular formula is C33H33N3O5S. The van der Waals surface area contributed by atoms with Gasteiger partial charge in [-0.1, -0.05) is 90.0 Å². The number of ether oxygens (including phenoxy) is 1. The highest BCUT2D eigenvalue weighted by Gasteiger charge is 2.36. The normalized spacial score (nSPS) is 14.6. The summed E-state index contributed by atoms with van der Waals surface area (Å²) in [6.45, 7) is 3.66. The van der Waals surface area contributed by atoms with E-state index in [0.29, 0.717) is 18.0 Å². The first kappa shape index (κ1) is 29.0. The molecule has 0 radical (unpaired) electrons. The lowest BCUT2D eigenvalue weighted by atomic mass is 10.1. The van der Waals surface area contributed by atoms with Gasteiger partial charge in [0.05, 0.1) is 23.7 Å². The first-order chi connectivity index (χ1) is 20.2. The number of fused-ring (bicyclic) bond motifs is 1. The van der Waals surface area contributed by atoms with E-state index in [1.165, 1.54) is 9.21 Å². The van der Waals surface area contributed by atoms with Gasteiger partial charge in [0, 0.05) is 13.1 Å². The number of anilines is 1. The second kappa shape index (κ2) is 12.6. The molecule has 1 heterocycles. The van der Waals surface area contributed by atoms with Crippen molar-refractivity contribution in [3.63, 3.8) is 0 Å². The number of hydrogen-bond donors (Lipinski definition) is 1. The van der Waals surface area contributed by atoms with E-state index < -0.39 is 28.6 Å². The monoisotopic (exact) mass is 583 g/mol. The summed E-state index contributed by atoms with van der Waals surface area (Å²) in [4.78, 5) is 28.6.